The van der Waals surface area contributed by atoms with E-state index in [1.807, 2.05) is 35.2 Å². The highest BCUT2D eigenvalue weighted by Crippen LogP contribution is 2.40. The molecule has 0 atom stereocenters. The molecule has 7 nitrogen and oxygen atoms in total. The number of aromatic nitrogens is 1. The van der Waals surface area contributed by atoms with Crippen LogP contribution in [0, 0.1) is 0 Å². The zero-order chi connectivity index (χ0) is 24.4. The maximum absolute atomic E-state index is 13.6. The maximum atomic E-state index is 13.6. The van der Waals surface area contributed by atoms with Crippen LogP contribution in [0.3, 0.4) is 0 Å². The van der Waals surface area contributed by atoms with Gasteiger partial charge in [0.1, 0.15) is 17.2 Å². The quantitative estimate of drug-likeness (QED) is 0.560. The Bertz CT molecular complexity index is 1190. The molecule has 0 unspecified atom stereocenters. The van der Waals surface area contributed by atoms with Crippen LogP contribution in [0.1, 0.15) is 40.4 Å². The van der Waals surface area contributed by atoms with Gasteiger partial charge in [0.15, 0.2) is 0 Å². The number of H-pyrrole nitrogens is 1. The zero-order valence-corrected chi connectivity index (χ0v) is 20.7. The lowest BCUT2D eigenvalue weighted by Gasteiger charge is -2.33. The second-order valence-corrected chi connectivity index (χ2v) is 9.21. The molecule has 0 bridgehead atoms. The summed E-state index contributed by atoms with van der Waals surface area (Å²) in [5, 5.41) is 1.37. The van der Waals surface area contributed by atoms with Gasteiger partial charge >= 0.3 is 0 Å². The smallest absolute Gasteiger partial charge is 0.270 e. The van der Waals surface area contributed by atoms with E-state index in [9.17, 15) is 9.59 Å². The van der Waals surface area contributed by atoms with E-state index in [0.717, 1.165) is 40.8 Å². The zero-order valence-electron chi connectivity index (χ0n) is 20.0. The first-order chi connectivity index (χ1) is 16.3. The summed E-state index contributed by atoms with van der Waals surface area (Å²) in [5.74, 6) is 1.67. The summed E-state index contributed by atoms with van der Waals surface area (Å²) >= 11 is 6.23. The lowest BCUT2D eigenvalue weighted by atomic mass is 9.88. The Morgan fingerprint density at radius 3 is 2.32 bits per heavy atom. The van der Waals surface area contributed by atoms with E-state index >= 15 is 0 Å². The van der Waals surface area contributed by atoms with Gasteiger partial charge < -0.3 is 24.3 Å². The maximum Gasteiger partial charge on any atom is 0.270 e. The number of hydrogen-bond donors (Lipinski definition) is 1. The third kappa shape index (κ3) is 4.57. The van der Waals surface area contributed by atoms with Gasteiger partial charge in [-0.05, 0) is 54.7 Å². The Morgan fingerprint density at radius 1 is 1.09 bits per heavy atom. The number of nitrogens with one attached hydrogen (secondary N) is 1. The van der Waals surface area contributed by atoms with Gasteiger partial charge in [0.25, 0.3) is 5.91 Å². The standard InChI is InChI=1S/C26H30ClN3O4/c1-29(2)23(31)15-19-18-14-17(27)8-9-20(18)28-25(19)26(32)30-12-10-16(11-13-30)24-21(33-3)6-5-7-22(24)34-4/h5-9,14,16,28H,10-13,15H2,1-4H3. The number of halogens is 1. The summed E-state index contributed by atoms with van der Waals surface area (Å²) in [7, 11) is 6.75. The number of likely N-dealkylation sites (N-methyl/N-ethyl adjacent to an activating group) is 1. The van der Waals surface area contributed by atoms with Crippen LogP contribution >= 0.6 is 11.6 Å². The number of rotatable bonds is 6. The summed E-state index contributed by atoms with van der Waals surface area (Å²) in [6.45, 7) is 1.20. The molecule has 2 heterocycles. The Morgan fingerprint density at radius 2 is 1.74 bits per heavy atom. The van der Waals surface area contributed by atoms with Crippen LogP contribution in [-0.2, 0) is 11.2 Å². The molecular formula is C26H30ClN3O4. The lowest BCUT2D eigenvalue weighted by Crippen LogP contribution is -2.38. The Hall–Kier alpha value is -3.19. The van der Waals surface area contributed by atoms with Crippen molar-refractivity contribution >= 4 is 34.3 Å². The Kier molecular flexibility index (Phi) is 7.03. The fourth-order valence-corrected chi connectivity index (χ4v) is 4.88. The molecule has 1 aliphatic rings. The van der Waals surface area contributed by atoms with Crippen molar-refractivity contribution in [2.24, 2.45) is 0 Å². The van der Waals surface area contributed by atoms with Crippen molar-refractivity contribution in [3.63, 3.8) is 0 Å². The average molecular weight is 484 g/mol. The van der Waals surface area contributed by atoms with Crippen LogP contribution in [0.5, 0.6) is 11.5 Å². The van der Waals surface area contributed by atoms with E-state index in [4.69, 9.17) is 21.1 Å². The number of aromatic amines is 1. The van der Waals surface area contributed by atoms with E-state index in [2.05, 4.69) is 4.98 Å². The Labute approximate surface area is 204 Å². The fourth-order valence-electron chi connectivity index (χ4n) is 4.71. The first kappa shape index (κ1) is 24.0. The van der Waals surface area contributed by atoms with Crippen molar-refractivity contribution in [2.45, 2.75) is 25.2 Å². The second kappa shape index (κ2) is 9.97. The summed E-state index contributed by atoms with van der Waals surface area (Å²) in [4.78, 5) is 32.8. The predicted octanol–water partition coefficient (Wildman–Crippen LogP) is 4.49. The molecule has 1 aromatic heterocycles. The molecule has 2 aromatic carbocycles. The third-order valence-electron chi connectivity index (χ3n) is 6.57. The van der Waals surface area contributed by atoms with Crippen LogP contribution < -0.4 is 9.47 Å². The van der Waals surface area contributed by atoms with E-state index in [1.54, 1.807) is 34.4 Å². The number of nitrogens with zero attached hydrogens (tertiary/aromatic N) is 2. The van der Waals surface area contributed by atoms with Crippen LogP contribution in [-0.4, -0.2) is 68.0 Å². The monoisotopic (exact) mass is 483 g/mol. The highest BCUT2D eigenvalue weighted by Gasteiger charge is 2.31. The van der Waals surface area contributed by atoms with E-state index in [-0.39, 0.29) is 24.2 Å². The normalized spacial score (nSPS) is 14.3. The van der Waals surface area contributed by atoms with Crippen LogP contribution in [0.4, 0.5) is 0 Å². The van der Waals surface area contributed by atoms with Crippen molar-refractivity contribution < 1.29 is 19.1 Å². The van der Waals surface area contributed by atoms with Crippen LogP contribution in [0.25, 0.3) is 10.9 Å². The predicted molar refractivity (Wildman–Crippen MR) is 133 cm³/mol. The number of methoxy groups -OCH3 is 2. The summed E-state index contributed by atoms with van der Waals surface area (Å²) in [6, 6.07) is 11.2. The Balaban J connectivity index is 1.59. The molecule has 1 N–H and O–H groups in total. The molecular weight excluding hydrogens is 454 g/mol. The van der Waals surface area contributed by atoms with Crippen molar-refractivity contribution in [3.8, 4) is 11.5 Å². The van der Waals surface area contributed by atoms with Crippen molar-refractivity contribution in [1.29, 1.82) is 0 Å². The topological polar surface area (TPSA) is 74.9 Å². The number of carbonyl (C=O) groups is 2. The molecule has 0 spiro atoms. The highest BCUT2D eigenvalue weighted by molar-refractivity contribution is 6.31. The summed E-state index contributed by atoms with van der Waals surface area (Å²) < 4.78 is 11.2. The largest absolute Gasteiger partial charge is 0.496 e. The van der Waals surface area contributed by atoms with Gasteiger partial charge in [0.05, 0.1) is 20.6 Å². The van der Waals surface area contributed by atoms with Gasteiger partial charge in [-0.15, -0.1) is 0 Å². The molecule has 0 radical (unpaired) electrons. The molecule has 1 saturated heterocycles. The van der Waals surface area contributed by atoms with Gasteiger partial charge in [0, 0.05) is 48.7 Å². The number of piperidine rings is 1. The van der Waals surface area contributed by atoms with Crippen LogP contribution in [0.2, 0.25) is 5.02 Å². The van der Waals surface area contributed by atoms with E-state index in [0.29, 0.717) is 29.4 Å². The second-order valence-electron chi connectivity index (χ2n) is 8.78. The summed E-state index contributed by atoms with van der Waals surface area (Å²) in [5.41, 5.74) is 3.00. The molecule has 1 fully saturated rings. The number of ether oxygens (including phenoxy) is 2. The minimum absolute atomic E-state index is 0.0723. The molecule has 1 aliphatic heterocycles. The number of fused-ring (bicyclic) bond motifs is 1. The molecule has 34 heavy (non-hydrogen) atoms. The minimum Gasteiger partial charge on any atom is -0.496 e. The minimum atomic E-state index is -0.0979. The lowest BCUT2D eigenvalue weighted by molar-refractivity contribution is -0.127. The summed E-state index contributed by atoms with van der Waals surface area (Å²) in [6.07, 6.45) is 1.71. The van der Waals surface area contributed by atoms with Crippen molar-refractivity contribution in [2.75, 3.05) is 41.4 Å². The number of hydrogen-bond acceptors (Lipinski definition) is 4. The fraction of sp³-hybridized carbons (Fsp3) is 0.385. The van der Waals surface area contributed by atoms with Gasteiger partial charge in [-0.2, -0.15) is 0 Å². The molecule has 4 rings (SSSR count). The first-order valence-electron chi connectivity index (χ1n) is 11.3. The molecule has 180 valence electrons. The van der Waals surface area contributed by atoms with Crippen molar-refractivity contribution in [1.82, 2.24) is 14.8 Å². The van der Waals surface area contributed by atoms with Gasteiger partial charge in [-0.25, -0.2) is 0 Å². The van der Waals surface area contributed by atoms with E-state index in [1.165, 1.54) is 4.90 Å². The number of carbonyl (C=O) groups excluding carboxylic acids is 2. The number of benzene rings is 2. The number of amides is 2. The van der Waals surface area contributed by atoms with E-state index < -0.39 is 0 Å². The SMILES string of the molecule is COc1cccc(OC)c1C1CCN(C(=O)c2[nH]c3ccc(Cl)cc3c2CC(=O)N(C)C)CC1. The molecule has 0 aliphatic carbocycles. The van der Waals surface area contributed by atoms with Crippen LogP contribution in [0.15, 0.2) is 36.4 Å². The average Bonchev–Trinajstić information content (AvgIpc) is 3.20. The highest BCUT2D eigenvalue weighted by atomic mass is 35.5. The van der Waals surface area contributed by atoms with Crippen molar-refractivity contribution in [3.05, 3.63) is 58.2 Å². The molecule has 2 amide bonds. The number of likely N-dealkylation sites (tertiary alicyclic amines) is 1. The first-order valence-corrected chi connectivity index (χ1v) is 11.7. The molecule has 8 heteroatoms. The van der Waals surface area contributed by atoms with Gasteiger partial charge in [-0.3, -0.25) is 9.59 Å². The third-order valence-corrected chi connectivity index (χ3v) is 6.80. The van der Waals surface area contributed by atoms with Gasteiger partial charge in [0.2, 0.25) is 5.91 Å². The molecule has 3 aromatic rings. The van der Waals surface area contributed by atoms with Gasteiger partial charge in [-0.1, -0.05) is 17.7 Å². The molecule has 0 saturated carbocycles.